The first-order chi connectivity index (χ1) is 10.6. The van der Waals surface area contributed by atoms with Crippen LogP contribution in [0, 0.1) is 0 Å². The molecule has 0 unspecified atom stereocenters. The van der Waals surface area contributed by atoms with Gasteiger partial charge >= 0.3 is 0 Å². The summed E-state index contributed by atoms with van der Waals surface area (Å²) in [5.74, 6) is 0.386. The number of benzene rings is 2. The predicted molar refractivity (Wildman–Crippen MR) is 86.6 cm³/mol. The number of hydrogen-bond acceptors (Lipinski definition) is 3. The van der Waals surface area contributed by atoms with Crippen LogP contribution in [0.5, 0.6) is 5.75 Å². The largest absolute Gasteiger partial charge is 0.491 e. The van der Waals surface area contributed by atoms with Crippen molar-refractivity contribution in [3.8, 4) is 5.75 Å². The van der Waals surface area contributed by atoms with Crippen molar-refractivity contribution < 1.29 is 14.3 Å². The van der Waals surface area contributed by atoms with Gasteiger partial charge in [-0.3, -0.25) is 9.59 Å². The summed E-state index contributed by atoms with van der Waals surface area (Å²) in [5.41, 5.74) is 1.26. The topological polar surface area (TPSA) is 55.4 Å². The van der Waals surface area contributed by atoms with Gasteiger partial charge in [-0.05, 0) is 43.3 Å². The van der Waals surface area contributed by atoms with Crippen LogP contribution in [-0.2, 0) is 4.79 Å². The van der Waals surface area contributed by atoms with E-state index < -0.39 is 0 Å². The Morgan fingerprint density at radius 2 is 1.77 bits per heavy atom. The minimum absolute atomic E-state index is 0.00832. The fourth-order valence-corrected chi connectivity index (χ4v) is 2.02. The molecule has 2 aromatic carbocycles. The van der Waals surface area contributed by atoms with E-state index in [0.717, 1.165) is 0 Å². The van der Waals surface area contributed by atoms with Crippen LogP contribution in [0.3, 0.4) is 0 Å². The zero-order valence-corrected chi connectivity index (χ0v) is 12.9. The van der Waals surface area contributed by atoms with Gasteiger partial charge in [-0.25, -0.2) is 0 Å². The molecular weight excluding hydrogens is 302 g/mol. The highest BCUT2D eigenvalue weighted by Crippen LogP contribution is 2.23. The second-order valence-electron chi connectivity index (χ2n) is 4.71. The first-order valence-electron chi connectivity index (χ1n) is 6.84. The van der Waals surface area contributed by atoms with E-state index in [2.05, 4.69) is 5.32 Å². The molecule has 114 valence electrons. The van der Waals surface area contributed by atoms with E-state index in [1.165, 1.54) is 6.92 Å². The molecule has 22 heavy (non-hydrogen) atoms. The molecule has 1 amide bonds. The van der Waals surface area contributed by atoms with Crippen LogP contribution in [-0.4, -0.2) is 18.3 Å². The number of rotatable bonds is 6. The summed E-state index contributed by atoms with van der Waals surface area (Å²) >= 11 is 5.96. The molecule has 4 nitrogen and oxygen atoms in total. The Labute approximate surface area is 134 Å². The van der Waals surface area contributed by atoms with E-state index >= 15 is 0 Å². The molecule has 0 aliphatic heterocycles. The van der Waals surface area contributed by atoms with Gasteiger partial charge in [0.15, 0.2) is 5.78 Å². The first kappa shape index (κ1) is 16.0. The Morgan fingerprint density at radius 1 is 1.09 bits per heavy atom. The first-order valence-corrected chi connectivity index (χ1v) is 7.22. The number of ether oxygens (including phenoxy) is 1. The zero-order chi connectivity index (χ0) is 15.9. The molecule has 0 saturated heterocycles. The van der Waals surface area contributed by atoms with Crippen LogP contribution in [0.1, 0.15) is 23.7 Å². The van der Waals surface area contributed by atoms with Gasteiger partial charge in [0, 0.05) is 11.3 Å². The summed E-state index contributed by atoms with van der Waals surface area (Å²) in [7, 11) is 0. The van der Waals surface area contributed by atoms with Crippen molar-refractivity contribution in [3.63, 3.8) is 0 Å². The van der Waals surface area contributed by atoms with E-state index in [9.17, 15) is 9.59 Å². The highest BCUT2D eigenvalue weighted by Gasteiger charge is 2.05. The van der Waals surface area contributed by atoms with Crippen LogP contribution >= 0.6 is 11.6 Å². The number of halogens is 1. The SMILES string of the molecule is CC(=O)c1ccc(NC(=O)CCOc2ccccc2Cl)cc1. The minimum atomic E-state index is -0.164. The molecule has 0 bridgehead atoms. The number of anilines is 1. The van der Waals surface area contributed by atoms with Crippen molar-refractivity contribution in [1.82, 2.24) is 0 Å². The second-order valence-corrected chi connectivity index (χ2v) is 5.12. The highest BCUT2D eigenvalue weighted by atomic mass is 35.5. The van der Waals surface area contributed by atoms with E-state index in [0.29, 0.717) is 22.0 Å². The average molecular weight is 318 g/mol. The maximum absolute atomic E-state index is 11.8. The molecule has 0 heterocycles. The van der Waals surface area contributed by atoms with Crippen molar-refractivity contribution in [2.75, 3.05) is 11.9 Å². The number of Topliss-reactive ketones (excluding diaryl/α,β-unsaturated/α-hetero) is 1. The van der Waals surface area contributed by atoms with E-state index in [-0.39, 0.29) is 24.7 Å². The number of para-hydroxylation sites is 1. The van der Waals surface area contributed by atoms with Crippen LogP contribution in [0.15, 0.2) is 48.5 Å². The van der Waals surface area contributed by atoms with Crippen molar-refractivity contribution in [3.05, 3.63) is 59.1 Å². The van der Waals surface area contributed by atoms with Gasteiger partial charge in [0.2, 0.25) is 5.91 Å². The predicted octanol–water partition coefficient (Wildman–Crippen LogP) is 3.95. The molecule has 2 aromatic rings. The lowest BCUT2D eigenvalue weighted by molar-refractivity contribution is -0.116. The van der Waals surface area contributed by atoms with Crippen molar-refractivity contribution in [1.29, 1.82) is 0 Å². The van der Waals surface area contributed by atoms with Crippen LogP contribution in [0.4, 0.5) is 5.69 Å². The lowest BCUT2D eigenvalue weighted by Gasteiger charge is -2.08. The van der Waals surface area contributed by atoms with E-state index in [1.807, 2.05) is 12.1 Å². The van der Waals surface area contributed by atoms with Gasteiger partial charge in [0.1, 0.15) is 5.75 Å². The molecule has 0 saturated carbocycles. The van der Waals surface area contributed by atoms with Crippen molar-refractivity contribution in [2.45, 2.75) is 13.3 Å². The summed E-state index contributed by atoms with van der Waals surface area (Å²) in [4.78, 5) is 23.0. The van der Waals surface area contributed by atoms with Gasteiger partial charge in [0.05, 0.1) is 18.1 Å². The molecular formula is C17H16ClNO3. The number of carbonyl (C=O) groups excluding carboxylic acids is 2. The Balaban J connectivity index is 1.80. The Kier molecular flexibility index (Phi) is 5.55. The van der Waals surface area contributed by atoms with Gasteiger partial charge in [-0.2, -0.15) is 0 Å². The summed E-state index contributed by atoms with van der Waals surface area (Å²) in [6.45, 7) is 1.74. The normalized spacial score (nSPS) is 10.1. The second kappa shape index (κ2) is 7.61. The number of carbonyl (C=O) groups is 2. The molecule has 5 heteroatoms. The number of amides is 1. The molecule has 1 N–H and O–H groups in total. The molecule has 0 atom stereocenters. The third-order valence-corrected chi connectivity index (χ3v) is 3.31. The maximum Gasteiger partial charge on any atom is 0.227 e. The molecule has 0 aliphatic carbocycles. The number of ketones is 1. The number of nitrogens with one attached hydrogen (secondary N) is 1. The van der Waals surface area contributed by atoms with Gasteiger partial charge < -0.3 is 10.1 Å². The quantitative estimate of drug-likeness (QED) is 0.821. The molecule has 2 rings (SSSR count). The maximum atomic E-state index is 11.8. The summed E-state index contributed by atoms with van der Waals surface area (Å²) in [6.07, 6.45) is 0.208. The van der Waals surface area contributed by atoms with E-state index in [4.69, 9.17) is 16.3 Å². The summed E-state index contributed by atoms with van der Waals surface area (Å²) in [5, 5.41) is 3.26. The van der Waals surface area contributed by atoms with Gasteiger partial charge in [-0.1, -0.05) is 23.7 Å². The summed E-state index contributed by atoms with van der Waals surface area (Å²) < 4.78 is 5.46. The highest BCUT2D eigenvalue weighted by molar-refractivity contribution is 6.32. The molecule has 0 aliphatic rings. The lowest BCUT2D eigenvalue weighted by Crippen LogP contribution is -2.15. The summed E-state index contributed by atoms with van der Waals surface area (Å²) in [6, 6.07) is 13.9. The molecule has 0 aromatic heterocycles. The average Bonchev–Trinajstić information content (AvgIpc) is 2.50. The van der Waals surface area contributed by atoms with Crippen LogP contribution in [0.2, 0.25) is 5.02 Å². The Morgan fingerprint density at radius 3 is 2.41 bits per heavy atom. The monoisotopic (exact) mass is 317 g/mol. The lowest BCUT2D eigenvalue weighted by atomic mass is 10.1. The zero-order valence-electron chi connectivity index (χ0n) is 12.1. The van der Waals surface area contributed by atoms with Crippen LogP contribution < -0.4 is 10.1 Å². The molecule has 0 spiro atoms. The van der Waals surface area contributed by atoms with Crippen molar-refractivity contribution >= 4 is 29.0 Å². The molecule has 0 fully saturated rings. The Hall–Kier alpha value is -2.33. The van der Waals surface area contributed by atoms with Gasteiger partial charge in [-0.15, -0.1) is 0 Å². The Bertz CT molecular complexity index is 668. The van der Waals surface area contributed by atoms with E-state index in [1.54, 1.807) is 36.4 Å². The van der Waals surface area contributed by atoms with Gasteiger partial charge in [0.25, 0.3) is 0 Å². The standard InChI is InChI=1S/C17H16ClNO3/c1-12(20)13-6-8-14(9-7-13)19-17(21)10-11-22-16-5-3-2-4-15(16)18/h2-9H,10-11H2,1H3,(H,19,21). The third-order valence-electron chi connectivity index (χ3n) is 3.00. The van der Waals surface area contributed by atoms with Crippen LogP contribution in [0.25, 0.3) is 0 Å². The number of hydrogen-bond donors (Lipinski definition) is 1. The third kappa shape index (κ3) is 4.60. The fourth-order valence-electron chi connectivity index (χ4n) is 1.83. The van der Waals surface area contributed by atoms with Crippen molar-refractivity contribution in [2.24, 2.45) is 0 Å². The smallest absolute Gasteiger partial charge is 0.227 e. The molecule has 0 radical (unpaired) electrons. The fraction of sp³-hybridized carbons (Fsp3) is 0.176. The minimum Gasteiger partial charge on any atom is -0.491 e.